The fraction of sp³-hybridized carbons (Fsp3) is 0.500. The highest BCUT2D eigenvalue weighted by atomic mass is 16.2. The van der Waals surface area contributed by atoms with Crippen molar-refractivity contribution in [1.82, 2.24) is 29.7 Å². The highest BCUT2D eigenvalue weighted by Crippen LogP contribution is 2.12. The number of hydrogen-bond donors (Lipinski definition) is 1. The van der Waals surface area contributed by atoms with Crippen LogP contribution in [0.1, 0.15) is 16.9 Å². The Morgan fingerprint density at radius 2 is 1.85 bits per heavy atom. The normalized spacial score (nSPS) is 14.5. The van der Waals surface area contributed by atoms with Gasteiger partial charge >= 0.3 is 0 Å². The Morgan fingerprint density at radius 3 is 2.56 bits per heavy atom. The maximum atomic E-state index is 12.8. The van der Waals surface area contributed by atoms with Gasteiger partial charge in [-0.15, -0.1) is 0 Å². The minimum absolute atomic E-state index is 0.0672. The van der Waals surface area contributed by atoms with Crippen molar-refractivity contribution < 1.29 is 4.79 Å². The highest BCUT2D eigenvalue weighted by Gasteiger charge is 2.24. The molecule has 2 aromatic rings. The number of amides is 1. The van der Waals surface area contributed by atoms with Crippen molar-refractivity contribution >= 4 is 17.8 Å². The molecule has 1 saturated heterocycles. The first-order chi connectivity index (χ1) is 13.1. The molecule has 1 aliphatic rings. The van der Waals surface area contributed by atoms with E-state index in [-0.39, 0.29) is 5.91 Å². The number of nitrogens with one attached hydrogen (secondary N) is 1. The van der Waals surface area contributed by atoms with Gasteiger partial charge in [-0.1, -0.05) is 0 Å². The summed E-state index contributed by atoms with van der Waals surface area (Å²) < 4.78 is 0. The molecule has 0 spiro atoms. The zero-order valence-corrected chi connectivity index (χ0v) is 15.9. The number of carbonyl (C=O) groups is 1. The molecular weight excluding hydrogens is 344 g/mol. The van der Waals surface area contributed by atoms with Crippen LogP contribution >= 0.6 is 0 Å². The monoisotopic (exact) mass is 370 g/mol. The second-order valence-corrected chi connectivity index (χ2v) is 6.68. The SMILES string of the molecule is CN(C)CCCNc1nccc(C(=O)N2CCN(c3ncccn3)CC2)n1. The third-order valence-corrected chi connectivity index (χ3v) is 4.34. The van der Waals surface area contributed by atoms with Gasteiger partial charge in [0.25, 0.3) is 5.91 Å². The molecule has 1 amide bonds. The van der Waals surface area contributed by atoms with Crippen LogP contribution in [0.2, 0.25) is 0 Å². The van der Waals surface area contributed by atoms with Crippen LogP contribution in [0.5, 0.6) is 0 Å². The van der Waals surface area contributed by atoms with Gasteiger partial charge in [0.15, 0.2) is 0 Å². The Labute approximate surface area is 159 Å². The molecule has 0 saturated carbocycles. The van der Waals surface area contributed by atoms with E-state index in [4.69, 9.17) is 0 Å². The molecular formula is C18H26N8O. The average molecular weight is 370 g/mol. The molecule has 3 rings (SSSR count). The molecule has 0 bridgehead atoms. The Balaban J connectivity index is 1.53. The Hall–Kier alpha value is -2.81. The summed E-state index contributed by atoms with van der Waals surface area (Å²) in [6, 6.07) is 3.46. The molecule has 0 radical (unpaired) electrons. The van der Waals surface area contributed by atoms with Gasteiger partial charge in [0.2, 0.25) is 11.9 Å². The van der Waals surface area contributed by atoms with E-state index in [1.165, 1.54) is 0 Å². The molecule has 0 unspecified atom stereocenters. The van der Waals surface area contributed by atoms with Gasteiger partial charge in [-0.25, -0.2) is 19.9 Å². The molecule has 0 atom stereocenters. The lowest BCUT2D eigenvalue weighted by Crippen LogP contribution is -2.49. The predicted molar refractivity (Wildman–Crippen MR) is 104 cm³/mol. The smallest absolute Gasteiger partial charge is 0.272 e. The summed E-state index contributed by atoms with van der Waals surface area (Å²) in [6.45, 7) is 4.40. The highest BCUT2D eigenvalue weighted by molar-refractivity contribution is 5.92. The molecule has 9 heteroatoms. The first kappa shape index (κ1) is 19.0. The molecule has 3 heterocycles. The van der Waals surface area contributed by atoms with Crippen molar-refractivity contribution in [2.24, 2.45) is 0 Å². The van der Waals surface area contributed by atoms with Crippen LogP contribution in [0.3, 0.4) is 0 Å². The largest absolute Gasteiger partial charge is 0.354 e. The van der Waals surface area contributed by atoms with E-state index < -0.39 is 0 Å². The van der Waals surface area contributed by atoms with E-state index in [0.29, 0.717) is 43.8 Å². The maximum absolute atomic E-state index is 12.8. The molecule has 27 heavy (non-hydrogen) atoms. The first-order valence-corrected chi connectivity index (χ1v) is 9.16. The number of rotatable bonds is 7. The lowest BCUT2D eigenvalue weighted by molar-refractivity contribution is 0.0740. The summed E-state index contributed by atoms with van der Waals surface area (Å²) in [5, 5.41) is 3.18. The van der Waals surface area contributed by atoms with Crippen molar-refractivity contribution in [2.45, 2.75) is 6.42 Å². The average Bonchev–Trinajstić information content (AvgIpc) is 2.71. The summed E-state index contributed by atoms with van der Waals surface area (Å²) in [5.41, 5.74) is 0.421. The predicted octanol–water partition coefficient (Wildman–Crippen LogP) is 0.593. The van der Waals surface area contributed by atoms with Gasteiger partial charge in [-0.3, -0.25) is 4.79 Å². The Bertz CT molecular complexity index is 731. The summed E-state index contributed by atoms with van der Waals surface area (Å²) in [6.07, 6.45) is 6.07. The molecule has 144 valence electrons. The number of hydrogen-bond acceptors (Lipinski definition) is 8. The van der Waals surface area contributed by atoms with E-state index in [2.05, 4.69) is 35.1 Å². The van der Waals surface area contributed by atoms with E-state index in [9.17, 15) is 4.79 Å². The van der Waals surface area contributed by atoms with Crippen LogP contribution in [0, 0.1) is 0 Å². The van der Waals surface area contributed by atoms with E-state index >= 15 is 0 Å². The topological polar surface area (TPSA) is 90.4 Å². The third kappa shape index (κ3) is 5.33. The number of aromatic nitrogens is 4. The molecule has 9 nitrogen and oxygen atoms in total. The molecule has 0 aromatic carbocycles. The van der Waals surface area contributed by atoms with Gasteiger partial charge in [0.1, 0.15) is 5.69 Å². The van der Waals surface area contributed by atoms with Crippen molar-refractivity contribution in [1.29, 1.82) is 0 Å². The number of carbonyl (C=O) groups excluding carboxylic acids is 1. The summed E-state index contributed by atoms with van der Waals surface area (Å²) in [5.74, 6) is 1.13. The Kier molecular flexibility index (Phi) is 6.48. The summed E-state index contributed by atoms with van der Waals surface area (Å²) in [7, 11) is 4.08. The first-order valence-electron chi connectivity index (χ1n) is 9.16. The second kappa shape index (κ2) is 9.22. The fourth-order valence-corrected chi connectivity index (χ4v) is 2.88. The molecule has 1 N–H and O–H groups in total. The number of anilines is 2. The van der Waals surface area contributed by atoms with Gasteiger partial charge in [-0.2, -0.15) is 0 Å². The van der Waals surface area contributed by atoms with Crippen LogP contribution in [0.4, 0.5) is 11.9 Å². The van der Waals surface area contributed by atoms with Gasteiger partial charge < -0.3 is 20.0 Å². The number of piperazine rings is 1. The van der Waals surface area contributed by atoms with Gasteiger partial charge in [-0.05, 0) is 39.2 Å². The van der Waals surface area contributed by atoms with Crippen molar-refractivity contribution in [3.05, 3.63) is 36.4 Å². The van der Waals surface area contributed by atoms with Crippen LogP contribution in [-0.2, 0) is 0 Å². The molecule has 1 fully saturated rings. The van der Waals surface area contributed by atoms with Crippen molar-refractivity contribution in [3.63, 3.8) is 0 Å². The lowest BCUT2D eigenvalue weighted by atomic mass is 10.2. The van der Waals surface area contributed by atoms with Crippen molar-refractivity contribution in [2.75, 3.05) is 63.6 Å². The summed E-state index contributed by atoms with van der Waals surface area (Å²) in [4.78, 5) is 35.9. The zero-order chi connectivity index (χ0) is 19.1. The Morgan fingerprint density at radius 1 is 1.11 bits per heavy atom. The fourth-order valence-electron chi connectivity index (χ4n) is 2.88. The van der Waals surface area contributed by atoms with Gasteiger partial charge in [0, 0.05) is 51.3 Å². The zero-order valence-electron chi connectivity index (χ0n) is 15.9. The van der Waals surface area contributed by atoms with Gasteiger partial charge in [0.05, 0.1) is 0 Å². The van der Waals surface area contributed by atoms with Crippen LogP contribution in [0.15, 0.2) is 30.7 Å². The van der Waals surface area contributed by atoms with E-state index in [1.807, 2.05) is 19.0 Å². The van der Waals surface area contributed by atoms with Crippen LogP contribution in [0.25, 0.3) is 0 Å². The third-order valence-electron chi connectivity index (χ3n) is 4.34. The molecule has 2 aromatic heterocycles. The van der Waals surface area contributed by atoms with Crippen molar-refractivity contribution in [3.8, 4) is 0 Å². The number of nitrogens with zero attached hydrogens (tertiary/aromatic N) is 7. The minimum Gasteiger partial charge on any atom is -0.354 e. The molecule has 0 aliphatic carbocycles. The molecule has 1 aliphatic heterocycles. The summed E-state index contributed by atoms with van der Waals surface area (Å²) >= 11 is 0. The lowest BCUT2D eigenvalue weighted by Gasteiger charge is -2.34. The van der Waals surface area contributed by atoms with E-state index in [1.54, 1.807) is 30.7 Å². The minimum atomic E-state index is -0.0672. The standard InChI is InChI=1S/C18H26N8O/c1-24(2)10-4-8-19-17-20-9-5-15(23-17)16(27)25-11-13-26(14-12-25)18-21-6-3-7-22-18/h3,5-7,9H,4,8,10-14H2,1-2H3,(H,19,20,23). The maximum Gasteiger partial charge on any atom is 0.272 e. The van der Waals surface area contributed by atoms with Crippen LogP contribution in [-0.4, -0.2) is 89.0 Å². The van der Waals surface area contributed by atoms with Crippen LogP contribution < -0.4 is 10.2 Å². The quantitative estimate of drug-likeness (QED) is 0.709. The van der Waals surface area contributed by atoms with E-state index in [0.717, 1.165) is 19.5 Å². The second-order valence-electron chi connectivity index (χ2n) is 6.68.